The van der Waals surface area contributed by atoms with Gasteiger partial charge in [-0.2, -0.15) is 14.0 Å². The molecule has 0 saturated heterocycles. The van der Waals surface area contributed by atoms with Crippen LogP contribution in [0.3, 0.4) is 0 Å². The van der Waals surface area contributed by atoms with Gasteiger partial charge in [-0.05, 0) is 53.2 Å². The lowest BCUT2D eigenvalue weighted by Gasteiger charge is -2.13. The lowest BCUT2D eigenvalue weighted by atomic mass is 9.91. The number of hydrogen-bond acceptors (Lipinski definition) is 2. The minimum absolute atomic E-state index is 0.133. The smallest absolute Gasteiger partial charge is 0.266 e. The second-order valence-corrected chi connectivity index (χ2v) is 6.92. The molecule has 0 amide bonds. The molecule has 1 aliphatic carbocycles. The number of ether oxygens (including phenoxy) is 1. The van der Waals surface area contributed by atoms with Crippen molar-refractivity contribution in [2.75, 3.05) is 0 Å². The van der Waals surface area contributed by atoms with Crippen LogP contribution in [0, 0.1) is 28.6 Å². The SMILES string of the molecule is CC1(C)[C@@H]([C@H](C#N)c2cccc(Oc3ccccc3)c2)[C@H]1C=C(F)F. The van der Waals surface area contributed by atoms with Crippen molar-refractivity contribution in [3.05, 3.63) is 72.3 Å². The fourth-order valence-corrected chi connectivity index (χ4v) is 3.57. The predicted molar refractivity (Wildman–Crippen MR) is 92.4 cm³/mol. The van der Waals surface area contributed by atoms with Gasteiger partial charge in [0.05, 0.1) is 12.0 Å². The molecule has 1 aliphatic rings. The first-order chi connectivity index (χ1) is 11.9. The maximum absolute atomic E-state index is 12.7. The monoisotopic (exact) mass is 339 g/mol. The predicted octanol–water partition coefficient (Wildman–Crippen LogP) is 6.14. The molecule has 1 saturated carbocycles. The van der Waals surface area contributed by atoms with E-state index in [2.05, 4.69) is 6.07 Å². The lowest BCUT2D eigenvalue weighted by molar-refractivity contribution is 0.412. The molecule has 1 fully saturated rings. The van der Waals surface area contributed by atoms with Gasteiger partial charge in [0.15, 0.2) is 0 Å². The largest absolute Gasteiger partial charge is 0.457 e. The van der Waals surface area contributed by atoms with Crippen LogP contribution >= 0.6 is 0 Å². The van der Waals surface area contributed by atoms with Gasteiger partial charge >= 0.3 is 0 Å². The molecule has 2 aromatic carbocycles. The van der Waals surface area contributed by atoms with Crippen molar-refractivity contribution in [3.63, 3.8) is 0 Å². The van der Waals surface area contributed by atoms with E-state index in [-0.39, 0.29) is 17.3 Å². The van der Waals surface area contributed by atoms with Crippen molar-refractivity contribution in [3.8, 4) is 17.6 Å². The Labute approximate surface area is 146 Å². The van der Waals surface area contributed by atoms with Gasteiger partial charge in [0, 0.05) is 0 Å². The van der Waals surface area contributed by atoms with Gasteiger partial charge in [-0.25, -0.2) is 0 Å². The summed E-state index contributed by atoms with van der Waals surface area (Å²) in [7, 11) is 0. The number of halogens is 2. The van der Waals surface area contributed by atoms with E-state index in [1.807, 2.05) is 68.4 Å². The number of para-hydroxylation sites is 1. The first-order valence-corrected chi connectivity index (χ1v) is 8.19. The van der Waals surface area contributed by atoms with Crippen LogP contribution in [0.1, 0.15) is 25.3 Å². The first kappa shape index (κ1) is 17.2. The summed E-state index contributed by atoms with van der Waals surface area (Å²) in [6, 6.07) is 19.0. The summed E-state index contributed by atoms with van der Waals surface area (Å²) in [6.45, 7) is 3.85. The van der Waals surface area contributed by atoms with Gasteiger partial charge < -0.3 is 4.74 Å². The van der Waals surface area contributed by atoms with Gasteiger partial charge in [-0.15, -0.1) is 0 Å². The highest BCUT2D eigenvalue weighted by atomic mass is 19.3. The highest BCUT2D eigenvalue weighted by Gasteiger charge is 2.60. The number of benzene rings is 2. The molecule has 2 aromatic rings. The zero-order valence-corrected chi connectivity index (χ0v) is 14.1. The summed E-state index contributed by atoms with van der Waals surface area (Å²) in [5, 5.41) is 9.66. The summed E-state index contributed by atoms with van der Waals surface area (Å²) < 4.78 is 31.2. The molecule has 0 radical (unpaired) electrons. The van der Waals surface area contributed by atoms with Gasteiger partial charge in [0.2, 0.25) is 0 Å². The molecule has 0 aliphatic heterocycles. The Balaban J connectivity index is 1.84. The molecule has 0 spiro atoms. The Bertz CT molecular complexity index is 819. The summed E-state index contributed by atoms with van der Waals surface area (Å²) in [5.41, 5.74) is 0.476. The quantitative estimate of drug-likeness (QED) is 0.655. The molecule has 0 aromatic heterocycles. The van der Waals surface area contributed by atoms with Crippen LogP contribution in [0.15, 0.2) is 66.8 Å². The summed E-state index contributed by atoms with van der Waals surface area (Å²) in [4.78, 5) is 0. The van der Waals surface area contributed by atoms with Crippen LogP contribution in [0.2, 0.25) is 0 Å². The van der Waals surface area contributed by atoms with E-state index in [1.54, 1.807) is 0 Å². The Kier molecular flexibility index (Phi) is 4.59. The van der Waals surface area contributed by atoms with Gasteiger partial charge in [0.25, 0.3) is 6.08 Å². The molecule has 0 N–H and O–H groups in total. The van der Waals surface area contributed by atoms with Crippen molar-refractivity contribution in [2.45, 2.75) is 19.8 Å². The van der Waals surface area contributed by atoms with E-state index in [9.17, 15) is 14.0 Å². The van der Waals surface area contributed by atoms with Crippen molar-refractivity contribution in [1.82, 2.24) is 0 Å². The van der Waals surface area contributed by atoms with Crippen LogP contribution in [0.25, 0.3) is 0 Å². The van der Waals surface area contributed by atoms with Crippen molar-refractivity contribution < 1.29 is 13.5 Å². The fraction of sp³-hybridized carbons (Fsp3) is 0.286. The first-order valence-electron chi connectivity index (χ1n) is 8.19. The number of allylic oxidation sites excluding steroid dienone is 1. The molecule has 0 bridgehead atoms. The number of nitrogens with zero attached hydrogens (tertiary/aromatic N) is 1. The second kappa shape index (κ2) is 6.68. The second-order valence-electron chi connectivity index (χ2n) is 6.92. The molecule has 2 nitrogen and oxygen atoms in total. The number of hydrogen-bond donors (Lipinski definition) is 0. The fourth-order valence-electron chi connectivity index (χ4n) is 3.57. The molecule has 0 unspecified atom stereocenters. The standard InChI is InChI=1S/C21H19F2NO/c1-21(2)18(12-19(22)23)20(21)17(13-24)14-7-6-10-16(11-14)25-15-8-4-3-5-9-15/h3-12,17-18,20H,1-2H3/t17-,18-,20+/m1/s1. The van der Waals surface area contributed by atoms with E-state index in [0.717, 1.165) is 11.6 Å². The third-order valence-electron chi connectivity index (χ3n) is 5.00. The molecule has 25 heavy (non-hydrogen) atoms. The zero-order valence-electron chi connectivity index (χ0n) is 14.1. The maximum atomic E-state index is 12.7. The van der Waals surface area contributed by atoms with Crippen molar-refractivity contribution in [1.29, 1.82) is 5.26 Å². The highest BCUT2D eigenvalue weighted by Crippen LogP contribution is 2.65. The molecule has 3 rings (SSSR count). The van der Waals surface area contributed by atoms with E-state index in [0.29, 0.717) is 11.5 Å². The van der Waals surface area contributed by atoms with Crippen molar-refractivity contribution in [2.24, 2.45) is 17.3 Å². The number of rotatable bonds is 5. The molecular formula is C21H19F2NO. The third-order valence-corrected chi connectivity index (χ3v) is 5.00. The molecule has 4 heteroatoms. The number of nitriles is 1. The van der Waals surface area contributed by atoms with Gasteiger partial charge in [0.1, 0.15) is 11.5 Å². The van der Waals surface area contributed by atoms with E-state index in [1.165, 1.54) is 0 Å². The highest BCUT2D eigenvalue weighted by molar-refractivity contribution is 5.39. The summed E-state index contributed by atoms with van der Waals surface area (Å²) in [5.74, 6) is 0.466. The van der Waals surface area contributed by atoms with Crippen molar-refractivity contribution >= 4 is 0 Å². The van der Waals surface area contributed by atoms with E-state index < -0.39 is 12.0 Å². The average molecular weight is 339 g/mol. The zero-order chi connectivity index (χ0) is 18.0. The summed E-state index contributed by atoms with van der Waals surface area (Å²) >= 11 is 0. The minimum Gasteiger partial charge on any atom is -0.457 e. The van der Waals surface area contributed by atoms with Crippen LogP contribution in [0.5, 0.6) is 11.5 Å². The Morgan fingerprint density at radius 3 is 2.44 bits per heavy atom. The molecule has 0 heterocycles. The summed E-state index contributed by atoms with van der Waals surface area (Å²) in [6.07, 6.45) is -0.697. The normalized spacial score (nSPS) is 21.7. The van der Waals surface area contributed by atoms with Crippen LogP contribution in [-0.4, -0.2) is 0 Å². The topological polar surface area (TPSA) is 33.0 Å². The Hall–Kier alpha value is -2.67. The van der Waals surface area contributed by atoms with Crippen LogP contribution < -0.4 is 4.74 Å². The third kappa shape index (κ3) is 3.56. The lowest BCUT2D eigenvalue weighted by Crippen LogP contribution is -2.03. The van der Waals surface area contributed by atoms with Crippen LogP contribution in [0.4, 0.5) is 8.78 Å². The molecular weight excluding hydrogens is 320 g/mol. The molecule has 3 atom stereocenters. The minimum atomic E-state index is -1.68. The Morgan fingerprint density at radius 1 is 1.12 bits per heavy atom. The Morgan fingerprint density at radius 2 is 1.80 bits per heavy atom. The maximum Gasteiger partial charge on any atom is 0.266 e. The molecule has 128 valence electrons. The van der Waals surface area contributed by atoms with Crippen LogP contribution in [-0.2, 0) is 0 Å². The van der Waals surface area contributed by atoms with Gasteiger partial charge in [-0.1, -0.05) is 44.2 Å². The average Bonchev–Trinajstić information content (AvgIpc) is 3.09. The van der Waals surface area contributed by atoms with Gasteiger partial charge in [-0.3, -0.25) is 0 Å². The van der Waals surface area contributed by atoms with E-state index in [4.69, 9.17) is 4.74 Å². The van der Waals surface area contributed by atoms with E-state index >= 15 is 0 Å².